The number of nitrogens with two attached hydrogens (primary N) is 1. The van der Waals surface area contributed by atoms with E-state index < -0.39 is 0 Å². The molecular weight excluding hydrogens is 152 g/mol. The van der Waals surface area contributed by atoms with Gasteiger partial charge in [-0.1, -0.05) is 0 Å². The minimum atomic E-state index is 0.679. The van der Waals surface area contributed by atoms with E-state index in [-0.39, 0.29) is 0 Å². The third-order valence-corrected chi connectivity index (χ3v) is 1.81. The molecule has 0 aliphatic heterocycles. The van der Waals surface area contributed by atoms with Crippen molar-refractivity contribution in [2.45, 2.75) is 13.8 Å². The number of fused-ring (bicyclic) bond motifs is 1. The molecule has 1 aromatic carbocycles. The van der Waals surface area contributed by atoms with Crippen molar-refractivity contribution >= 4 is 16.8 Å². The van der Waals surface area contributed by atoms with E-state index in [1.165, 1.54) is 0 Å². The monoisotopic (exact) mass is 162 g/mol. The molecule has 0 saturated carbocycles. The highest BCUT2D eigenvalue weighted by Crippen LogP contribution is 2.21. The summed E-state index contributed by atoms with van der Waals surface area (Å²) in [5.74, 6) is 0.679. The summed E-state index contributed by atoms with van der Waals surface area (Å²) in [6, 6.07) is 3.69. The molecule has 0 radical (unpaired) electrons. The third-order valence-electron chi connectivity index (χ3n) is 1.81. The molecule has 0 atom stereocenters. The lowest BCUT2D eigenvalue weighted by Crippen LogP contribution is -1.85. The van der Waals surface area contributed by atoms with Crippen LogP contribution in [0.1, 0.15) is 11.5 Å². The molecule has 0 unspecified atom stereocenters. The number of benzene rings is 1. The van der Waals surface area contributed by atoms with Crippen LogP contribution >= 0.6 is 0 Å². The first kappa shape index (κ1) is 7.16. The van der Waals surface area contributed by atoms with Gasteiger partial charge in [0.25, 0.3) is 0 Å². The van der Waals surface area contributed by atoms with Crippen LogP contribution in [0, 0.1) is 13.8 Å². The maximum absolute atomic E-state index is 5.65. The molecule has 0 spiro atoms. The molecule has 1 aromatic heterocycles. The minimum Gasteiger partial charge on any atom is -0.441 e. The Labute approximate surface area is 70.2 Å². The van der Waals surface area contributed by atoms with Crippen LogP contribution < -0.4 is 5.73 Å². The van der Waals surface area contributed by atoms with Crippen molar-refractivity contribution in [2.75, 3.05) is 5.73 Å². The van der Waals surface area contributed by atoms with Crippen molar-refractivity contribution in [3.05, 3.63) is 23.6 Å². The summed E-state index contributed by atoms with van der Waals surface area (Å²) in [5, 5.41) is 0. The van der Waals surface area contributed by atoms with Gasteiger partial charge in [0.05, 0.1) is 0 Å². The molecule has 0 bridgehead atoms. The molecule has 2 rings (SSSR count). The van der Waals surface area contributed by atoms with Crippen LogP contribution in [0.15, 0.2) is 16.5 Å². The summed E-state index contributed by atoms with van der Waals surface area (Å²) in [7, 11) is 0. The predicted octanol–water partition coefficient (Wildman–Crippen LogP) is 2.03. The van der Waals surface area contributed by atoms with Crippen molar-refractivity contribution < 1.29 is 4.42 Å². The Hall–Kier alpha value is -1.51. The number of aromatic nitrogens is 1. The fourth-order valence-electron chi connectivity index (χ4n) is 1.33. The van der Waals surface area contributed by atoms with Gasteiger partial charge in [0.15, 0.2) is 11.5 Å². The highest BCUT2D eigenvalue weighted by Gasteiger charge is 2.04. The summed E-state index contributed by atoms with van der Waals surface area (Å²) >= 11 is 0. The first-order chi connectivity index (χ1) is 5.66. The second kappa shape index (κ2) is 2.24. The normalized spacial score (nSPS) is 10.8. The lowest BCUT2D eigenvalue weighted by molar-refractivity contribution is 0.561. The van der Waals surface area contributed by atoms with Crippen LogP contribution in [0.2, 0.25) is 0 Å². The van der Waals surface area contributed by atoms with Gasteiger partial charge < -0.3 is 10.2 Å². The van der Waals surface area contributed by atoms with Gasteiger partial charge in [-0.05, 0) is 18.6 Å². The van der Waals surface area contributed by atoms with Gasteiger partial charge in [0, 0.05) is 18.7 Å². The van der Waals surface area contributed by atoms with Gasteiger partial charge in [-0.25, -0.2) is 4.98 Å². The van der Waals surface area contributed by atoms with Crippen molar-refractivity contribution in [1.29, 1.82) is 0 Å². The third kappa shape index (κ3) is 0.942. The quantitative estimate of drug-likeness (QED) is 0.603. The summed E-state index contributed by atoms with van der Waals surface area (Å²) < 4.78 is 5.34. The molecule has 3 heteroatoms. The standard InChI is InChI=1S/C9H10N2O/c1-5-3-7(10)4-8-9(5)11-6(2)12-8/h3-4H,10H2,1-2H3. The maximum atomic E-state index is 5.65. The number of hydrogen-bond acceptors (Lipinski definition) is 3. The number of hydrogen-bond donors (Lipinski definition) is 1. The van der Waals surface area contributed by atoms with Crippen molar-refractivity contribution in [1.82, 2.24) is 4.98 Å². The average Bonchev–Trinajstić information content (AvgIpc) is 2.29. The number of oxazole rings is 1. The van der Waals surface area contributed by atoms with Gasteiger partial charge in [-0.3, -0.25) is 0 Å². The molecule has 1 heterocycles. The van der Waals surface area contributed by atoms with Crippen molar-refractivity contribution in [2.24, 2.45) is 0 Å². The fraction of sp³-hybridized carbons (Fsp3) is 0.222. The first-order valence-corrected chi connectivity index (χ1v) is 3.80. The molecule has 0 aliphatic carbocycles. The van der Waals surface area contributed by atoms with E-state index in [0.29, 0.717) is 5.89 Å². The summed E-state index contributed by atoms with van der Waals surface area (Å²) in [5.41, 5.74) is 9.09. The predicted molar refractivity (Wildman–Crippen MR) is 47.9 cm³/mol. The highest BCUT2D eigenvalue weighted by molar-refractivity contribution is 5.80. The Kier molecular flexibility index (Phi) is 1.33. The maximum Gasteiger partial charge on any atom is 0.192 e. The second-order valence-corrected chi connectivity index (χ2v) is 2.92. The van der Waals surface area contributed by atoms with Crippen LogP contribution in [0.3, 0.4) is 0 Å². The Bertz CT molecular complexity index is 431. The minimum absolute atomic E-state index is 0.679. The highest BCUT2D eigenvalue weighted by atomic mass is 16.3. The largest absolute Gasteiger partial charge is 0.441 e. The molecule has 0 saturated heterocycles. The van der Waals surface area contributed by atoms with E-state index in [1.807, 2.05) is 19.9 Å². The first-order valence-electron chi connectivity index (χ1n) is 3.80. The lowest BCUT2D eigenvalue weighted by atomic mass is 10.2. The number of nitrogens with zero attached hydrogens (tertiary/aromatic N) is 1. The zero-order valence-electron chi connectivity index (χ0n) is 7.09. The number of rotatable bonds is 0. The van der Waals surface area contributed by atoms with Crippen LogP contribution in [-0.2, 0) is 0 Å². The number of aryl methyl sites for hydroxylation is 2. The molecule has 12 heavy (non-hydrogen) atoms. The van der Waals surface area contributed by atoms with E-state index in [2.05, 4.69) is 4.98 Å². The van der Waals surface area contributed by atoms with Crippen molar-refractivity contribution in [3.63, 3.8) is 0 Å². The number of anilines is 1. The molecule has 0 amide bonds. The van der Waals surface area contributed by atoms with Crippen LogP contribution in [-0.4, -0.2) is 4.98 Å². The fourth-order valence-corrected chi connectivity index (χ4v) is 1.33. The summed E-state index contributed by atoms with van der Waals surface area (Å²) in [6.45, 7) is 3.80. The molecule has 2 aromatic rings. The Morgan fingerprint density at radius 1 is 1.33 bits per heavy atom. The smallest absolute Gasteiger partial charge is 0.192 e. The van der Waals surface area contributed by atoms with Gasteiger partial charge in [-0.2, -0.15) is 0 Å². The van der Waals surface area contributed by atoms with Crippen LogP contribution in [0.4, 0.5) is 5.69 Å². The Balaban J connectivity index is 2.88. The van der Waals surface area contributed by atoms with Crippen LogP contribution in [0.5, 0.6) is 0 Å². The second-order valence-electron chi connectivity index (χ2n) is 2.92. The number of nitrogen functional groups attached to an aromatic ring is 1. The molecule has 0 fully saturated rings. The van der Waals surface area contributed by atoms with Gasteiger partial charge in [-0.15, -0.1) is 0 Å². The molecule has 3 nitrogen and oxygen atoms in total. The molecule has 62 valence electrons. The molecule has 0 aliphatic rings. The van der Waals surface area contributed by atoms with Crippen molar-refractivity contribution in [3.8, 4) is 0 Å². The zero-order valence-corrected chi connectivity index (χ0v) is 7.09. The average molecular weight is 162 g/mol. The molecule has 2 N–H and O–H groups in total. The van der Waals surface area contributed by atoms with Gasteiger partial charge in [0.1, 0.15) is 5.52 Å². The van der Waals surface area contributed by atoms with E-state index in [9.17, 15) is 0 Å². The lowest BCUT2D eigenvalue weighted by Gasteiger charge is -1.94. The Morgan fingerprint density at radius 2 is 2.08 bits per heavy atom. The van der Waals surface area contributed by atoms with Gasteiger partial charge >= 0.3 is 0 Å². The van der Waals surface area contributed by atoms with E-state index in [1.54, 1.807) is 6.07 Å². The van der Waals surface area contributed by atoms with Gasteiger partial charge in [0.2, 0.25) is 0 Å². The molecular formula is C9H10N2O. The summed E-state index contributed by atoms with van der Waals surface area (Å²) in [6.07, 6.45) is 0. The van der Waals surface area contributed by atoms with E-state index in [0.717, 1.165) is 22.4 Å². The Morgan fingerprint density at radius 3 is 2.83 bits per heavy atom. The van der Waals surface area contributed by atoms with Crippen LogP contribution in [0.25, 0.3) is 11.1 Å². The van der Waals surface area contributed by atoms with E-state index in [4.69, 9.17) is 10.2 Å². The topological polar surface area (TPSA) is 52.0 Å². The zero-order chi connectivity index (χ0) is 8.72. The van der Waals surface area contributed by atoms with E-state index >= 15 is 0 Å². The summed E-state index contributed by atoms with van der Waals surface area (Å²) in [4.78, 5) is 4.23. The SMILES string of the molecule is Cc1nc2c(C)cc(N)cc2o1.